The van der Waals surface area contributed by atoms with Crippen molar-refractivity contribution in [3.05, 3.63) is 60.7 Å². The van der Waals surface area contributed by atoms with Gasteiger partial charge in [-0.3, -0.25) is 0 Å². The van der Waals surface area contributed by atoms with E-state index in [-0.39, 0.29) is 26.2 Å². The molecule has 0 spiro atoms. The smallest absolute Gasteiger partial charge is 0.999 e. The molecule has 2 aromatic rings. The van der Waals surface area contributed by atoms with E-state index >= 15 is 0 Å². The molecule has 0 amide bonds. The van der Waals surface area contributed by atoms with Crippen LogP contribution in [0.3, 0.4) is 0 Å². The summed E-state index contributed by atoms with van der Waals surface area (Å²) in [5, 5.41) is 0. The first-order chi connectivity index (χ1) is 14.0. The summed E-state index contributed by atoms with van der Waals surface area (Å²) < 4.78 is 123. The molecule has 0 bridgehead atoms. The second-order valence-corrected chi connectivity index (χ2v) is 7.23. The minimum Gasteiger partial charge on any atom is -0.999 e. The van der Waals surface area contributed by atoms with E-state index < -0.39 is 31.3 Å². The topological polar surface area (TPSA) is 124 Å². The zero-order valence-corrected chi connectivity index (χ0v) is 19.5. The summed E-state index contributed by atoms with van der Waals surface area (Å²) in [6.45, 7) is 2.00. The van der Waals surface area contributed by atoms with Crippen LogP contribution in [0.5, 0.6) is 0 Å². The third-order valence-electron chi connectivity index (χ3n) is 2.10. The van der Waals surface area contributed by atoms with E-state index in [2.05, 4.69) is 48.5 Å². The van der Waals surface area contributed by atoms with Gasteiger partial charge in [-0.1, -0.05) is 0 Å². The molecule has 32 heavy (non-hydrogen) atoms. The van der Waals surface area contributed by atoms with Crippen LogP contribution in [0.1, 0.15) is 12.8 Å². The van der Waals surface area contributed by atoms with Crippen LogP contribution in [-0.4, -0.2) is 50.2 Å². The Bertz CT molecular complexity index is 734. The Labute approximate surface area is 200 Å². The van der Waals surface area contributed by atoms with Crippen molar-refractivity contribution in [2.24, 2.45) is 0 Å². The number of alkyl halides is 6. The molecule has 0 atom stereocenters. The molecule has 1 aliphatic heterocycles. The Morgan fingerprint density at radius 2 is 0.875 bits per heavy atom. The van der Waals surface area contributed by atoms with Gasteiger partial charge >= 0.3 is 37.2 Å². The van der Waals surface area contributed by atoms with Crippen molar-refractivity contribution >= 4 is 20.2 Å². The van der Waals surface area contributed by atoms with Gasteiger partial charge < -0.3 is 74.5 Å². The Kier molecular flexibility index (Phi) is 19.3. The Hall–Kier alpha value is -1.06. The maximum Gasteiger partial charge on any atom is 4.00 e. The minimum atomic E-state index is -6.09. The molecule has 7 nitrogen and oxygen atoms in total. The molecule has 0 unspecified atom stereocenters. The van der Waals surface area contributed by atoms with Gasteiger partial charge in [-0.15, -0.1) is 0 Å². The first-order valence-corrected chi connectivity index (χ1v) is 10.1. The van der Waals surface area contributed by atoms with Crippen LogP contribution in [0, 0.1) is 48.5 Å². The van der Waals surface area contributed by atoms with Gasteiger partial charge in [0.05, 0.1) is 0 Å². The van der Waals surface area contributed by atoms with Gasteiger partial charge in [-0.25, -0.2) is 16.8 Å². The summed E-state index contributed by atoms with van der Waals surface area (Å²) in [6, 6.07) is 24.0. The van der Waals surface area contributed by atoms with Crippen molar-refractivity contribution in [2.45, 2.75) is 23.9 Å². The maximum atomic E-state index is 10.7. The van der Waals surface area contributed by atoms with Crippen molar-refractivity contribution in [2.75, 3.05) is 13.2 Å². The second-order valence-electron chi connectivity index (χ2n) is 4.49. The standard InChI is InChI=1S/2C5H.C4H8O.2CHF3O3S.Zr/c3*1-2-4-5-3-1;2*2-1(3,4)8(5,6)7;/h2*1H;1-4H2;2*(H,5,6,7);/q2*-5;;;;+4/p-2. The molecule has 1 heterocycles. The van der Waals surface area contributed by atoms with Crippen LogP contribution >= 0.6 is 0 Å². The van der Waals surface area contributed by atoms with Gasteiger partial charge in [-0.2, -0.15) is 26.3 Å². The van der Waals surface area contributed by atoms with Crippen molar-refractivity contribution in [1.29, 1.82) is 0 Å². The average Bonchev–Trinajstić information content (AvgIpc) is 3.40. The average molecular weight is 584 g/mol. The predicted molar refractivity (Wildman–Crippen MR) is 86.3 cm³/mol. The number of rotatable bonds is 0. The molecule has 0 radical (unpaired) electrons. The summed E-state index contributed by atoms with van der Waals surface area (Å²) >= 11 is 0. The van der Waals surface area contributed by atoms with E-state index in [0.717, 1.165) is 13.2 Å². The van der Waals surface area contributed by atoms with Gasteiger partial charge in [0.2, 0.25) is 0 Å². The molecule has 3 rings (SSSR count). The molecule has 16 heteroatoms. The summed E-state index contributed by atoms with van der Waals surface area (Å²) in [5.74, 6) is 0. The molecular weight excluding hydrogens is 574 g/mol. The largest absolute Gasteiger partial charge is 4.00 e. The van der Waals surface area contributed by atoms with E-state index in [1.165, 1.54) is 12.8 Å². The maximum absolute atomic E-state index is 10.7. The molecule has 1 aliphatic rings. The quantitative estimate of drug-likeness (QED) is 0.201. The summed E-state index contributed by atoms with van der Waals surface area (Å²) in [6.07, 6.45) is 2.56. The number of halogens is 6. The van der Waals surface area contributed by atoms with Crippen molar-refractivity contribution < 1.29 is 83.2 Å². The van der Waals surface area contributed by atoms with Crippen LogP contribution in [-0.2, 0) is 51.2 Å². The van der Waals surface area contributed by atoms with Gasteiger partial charge in [-0.05, 0) is 12.8 Å². The monoisotopic (exact) mass is 582 g/mol. The van der Waals surface area contributed by atoms with Gasteiger partial charge in [0.1, 0.15) is 0 Å². The SMILES string of the molecule is C1CCOC1.O=S(=O)([O-])C(F)(F)F.O=S(=O)([O-])C(F)(F)F.[Zr+4].[c-]1[c-][c-][cH-][c-]1.[c-]1[c-][c-][cH-][c-]1. The van der Waals surface area contributed by atoms with Gasteiger partial charge in [0.25, 0.3) is 0 Å². The summed E-state index contributed by atoms with van der Waals surface area (Å²) in [7, 11) is -12.2. The second kappa shape index (κ2) is 17.4. The zero-order valence-electron chi connectivity index (χ0n) is 15.4. The number of hydrogen-bond donors (Lipinski definition) is 0. The summed E-state index contributed by atoms with van der Waals surface area (Å²) in [5.41, 5.74) is -11.3. The predicted octanol–water partition coefficient (Wildman–Crippen LogP) is 2.11. The van der Waals surface area contributed by atoms with Crippen LogP contribution < -0.4 is 0 Å². The first-order valence-electron chi connectivity index (χ1n) is 7.27. The summed E-state index contributed by atoms with van der Waals surface area (Å²) in [4.78, 5) is 0. The van der Waals surface area contributed by atoms with E-state index in [0.29, 0.717) is 0 Å². The zero-order chi connectivity index (χ0) is 24.6. The van der Waals surface area contributed by atoms with E-state index in [9.17, 15) is 26.3 Å². The van der Waals surface area contributed by atoms with Crippen LogP contribution in [0.4, 0.5) is 26.3 Å². The molecule has 0 aromatic heterocycles. The van der Waals surface area contributed by atoms with Crippen molar-refractivity contribution in [3.8, 4) is 0 Å². The fourth-order valence-corrected chi connectivity index (χ4v) is 0.871. The molecule has 1 fully saturated rings. The van der Waals surface area contributed by atoms with Crippen molar-refractivity contribution in [1.82, 2.24) is 0 Å². The Morgan fingerprint density at radius 1 is 0.656 bits per heavy atom. The van der Waals surface area contributed by atoms with Crippen LogP contribution in [0.2, 0.25) is 0 Å². The van der Waals surface area contributed by atoms with Crippen molar-refractivity contribution in [3.63, 3.8) is 0 Å². The normalized spacial score (nSPS) is 13.2. The van der Waals surface area contributed by atoms with Crippen LogP contribution in [0.25, 0.3) is 0 Å². The van der Waals surface area contributed by atoms with Gasteiger partial charge in [0.15, 0.2) is 20.2 Å². The Morgan fingerprint density at radius 3 is 0.938 bits per heavy atom. The fourth-order valence-electron chi connectivity index (χ4n) is 0.871. The van der Waals surface area contributed by atoms with Crippen LogP contribution in [0.15, 0.2) is 12.1 Å². The molecule has 0 aliphatic carbocycles. The van der Waals surface area contributed by atoms with Gasteiger partial charge in [0, 0.05) is 13.2 Å². The Balaban J connectivity index is -0.000000330. The fraction of sp³-hybridized carbons (Fsp3) is 0.375. The van der Waals surface area contributed by atoms with E-state index in [1.54, 1.807) is 12.1 Å². The molecule has 182 valence electrons. The molecular formula is C16H10F6O7S2Zr-8. The third-order valence-corrected chi connectivity index (χ3v) is 3.23. The molecule has 0 saturated carbocycles. The molecule has 0 N–H and O–H groups in total. The first kappa shape index (κ1) is 35.5. The minimum absolute atomic E-state index is 0. The number of ether oxygens (including phenoxy) is 1. The molecule has 1 saturated heterocycles. The van der Waals surface area contributed by atoms with E-state index in [1.807, 2.05) is 0 Å². The van der Waals surface area contributed by atoms with E-state index in [4.69, 9.17) is 30.7 Å². The third kappa shape index (κ3) is 22.1. The molecule has 2 aromatic carbocycles. The number of hydrogen-bond acceptors (Lipinski definition) is 7.